The van der Waals surface area contributed by atoms with Crippen LogP contribution < -0.4 is 4.74 Å². The van der Waals surface area contributed by atoms with E-state index in [1.807, 2.05) is 0 Å². The number of alkyl halides is 6. The third-order valence-electron chi connectivity index (χ3n) is 2.14. The molecule has 0 aliphatic rings. The van der Waals surface area contributed by atoms with E-state index in [0.29, 0.717) is 0 Å². The van der Waals surface area contributed by atoms with Gasteiger partial charge in [0.2, 0.25) is 0 Å². The maximum atomic E-state index is 12.7. The minimum Gasteiger partial charge on any atom is -0.497 e. The van der Waals surface area contributed by atoms with Crippen molar-refractivity contribution in [3.05, 3.63) is 29.8 Å². The lowest BCUT2D eigenvalue weighted by atomic mass is 10.1. The molecule has 0 N–H and O–H groups in total. The van der Waals surface area contributed by atoms with Gasteiger partial charge in [0.05, 0.1) is 7.11 Å². The molecule has 0 spiro atoms. The molecule has 0 bridgehead atoms. The number of hydrogen-bond acceptors (Lipinski definition) is 5. The van der Waals surface area contributed by atoms with Crippen LogP contribution in [0.3, 0.4) is 0 Å². The molecule has 0 unspecified atom stereocenters. The van der Waals surface area contributed by atoms with Crippen LogP contribution in [0.15, 0.2) is 29.4 Å². The van der Waals surface area contributed by atoms with E-state index >= 15 is 0 Å². The third kappa shape index (κ3) is 4.26. The fourth-order valence-corrected chi connectivity index (χ4v) is 1.40. The zero-order chi connectivity index (χ0) is 17.2. The summed E-state index contributed by atoms with van der Waals surface area (Å²) in [4.78, 5) is 0. The number of oxime groups is 1. The highest BCUT2D eigenvalue weighted by Gasteiger charge is 2.49. The van der Waals surface area contributed by atoms with Crippen LogP contribution in [-0.2, 0) is 14.4 Å². The van der Waals surface area contributed by atoms with Crippen LogP contribution in [0.25, 0.3) is 0 Å². The normalized spacial score (nSPS) is 13.9. The lowest BCUT2D eigenvalue weighted by Gasteiger charge is -2.11. The first-order valence-corrected chi connectivity index (χ1v) is 6.59. The Labute approximate surface area is 120 Å². The van der Waals surface area contributed by atoms with Gasteiger partial charge in [-0.2, -0.15) is 34.8 Å². The molecule has 5 nitrogen and oxygen atoms in total. The number of halogens is 6. The van der Waals surface area contributed by atoms with E-state index in [9.17, 15) is 34.8 Å². The second-order valence-corrected chi connectivity index (χ2v) is 5.16. The lowest BCUT2D eigenvalue weighted by Crippen LogP contribution is -2.28. The summed E-state index contributed by atoms with van der Waals surface area (Å²) in [6.07, 6.45) is -5.24. The summed E-state index contributed by atoms with van der Waals surface area (Å²) in [6, 6.07) is 3.81. The first-order valence-electron chi connectivity index (χ1n) is 5.18. The molecular weight excluding hydrogens is 344 g/mol. The van der Waals surface area contributed by atoms with Crippen LogP contribution >= 0.6 is 0 Å². The Morgan fingerprint density at radius 1 is 1.05 bits per heavy atom. The van der Waals surface area contributed by atoms with Gasteiger partial charge in [0.15, 0.2) is 5.71 Å². The molecule has 0 fully saturated rings. The van der Waals surface area contributed by atoms with Gasteiger partial charge in [-0.3, -0.25) is 4.28 Å². The molecule has 0 amide bonds. The van der Waals surface area contributed by atoms with E-state index in [1.54, 1.807) is 0 Å². The Kier molecular flexibility index (Phi) is 4.95. The van der Waals surface area contributed by atoms with Gasteiger partial charge in [-0.15, -0.1) is 0 Å². The van der Waals surface area contributed by atoms with Gasteiger partial charge in [0.25, 0.3) is 0 Å². The van der Waals surface area contributed by atoms with Crippen LogP contribution in [0.2, 0.25) is 0 Å². The van der Waals surface area contributed by atoms with Crippen molar-refractivity contribution in [3.8, 4) is 5.75 Å². The topological polar surface area (TPSA) is 65.0 Å². The summed E-state index contributed by atoms with van der Waals surface area (Å²) in [7, 11) is -5.04. The maximum absolute atomic E-state index is 12.7. The summed E-state index contributed by atoms with van der Waals surface area (Å²) in [5.41, 5.74) is -8.54. The highest BCUT2D eigenvalue weighted by Crippen LogP contribution is 2.28. The van der Waals surface area contributed by atoms with E-state index in [1.165, 1.54) is 7.11 Å². The molecule has 1 rings (SSSR count). The van der Waals surface area contributed by atoms with Crippen LogP contribution in [0.1, 0.15) is 5.56 Å². The van der Waals surface area contributed by atoms with Gasteiger partial charge >= 0.3 is 21.8 Å². The third-order valence-corrected chi connectivity index (χ3v) is 2.98. The molecule has 0 aromatic heterocycles. The van der Waals surface area contributed by atoms with Gasteiger partial charge in [0.1, 0.15) is 5.75 Å². The molecule has 0 radical (unpaired) electrons. The summed E-state index contributed by atoms with van der Waals surface area (Å²) >= 11 is 0. The molecule has 0 aliphatic carbocycles. The predicted molar refractivity (Wildman–Crippen MR) is 61.6 cm³/mol. The maximum Gasteiger partial charge on any atom is 0.536 e. The SMILES string of the molecule is COc1ccc(C(=NOS(=O)(=O)C(F)(F)F)C(F)(F)F)cc1. The van der Waals surface area contributed by atoms with E-state index in [4.69, 9.17) is 4.74 Å². The number of benzene rings is 1. The second-order valence-electron chi connectivity index (χ2n) is 3.64. The summed E-state index contributed by atoms with van der Waals surface area (Å²) in [5, 5.41) is 2.10. The van der Waals surface area contributed by atoms with Crippen molar-refractivity contribution in [1.29, 1.82) is 0 Å². The Morgan fingerprint density at radius 2 is 1.55 bits per heavy atom. The molecular formula is C10H7F6NO4S. The first-order chi connectivity index (χ1) is 9.88. The van der Waals surface area contributed by atoms with E-state index < -0.39 is 33.1 Å². The van der Waals surface area contributed by atoms with Crippen LogP contribution in [0.5, 0.6) is 5.75 Å². The van der Waals surface area contributed by atoms with Crippen molar-refractivity contribution in [1.82, 2.24) is 0 Å². The fourth-order valence-electron chi connectivity index (χ4n) is 1.15. The standard InChI is InChI=1S/C10H7F6NO4S/c1-20-7-4-2-6(3-5-7)8(9(11,12)13)17-21-22(18,19)10(14,15)16/h2-5H,1H3. The highest BCUT2D eigenvalue weighted by molar-refractivity contribution is 7.87. The molecule has 0 heterocycles. The number of hydrogen-bond donors (Lipinski definition) is 0. The van der Waals surface area contributed by atoms with Gasteiger partial charge in [-0.05, 0) is 24.3 Å². The Bertz CT molecular complexity index is 647. The highest BCUT2D eigenvalue weighted by atomic mass is 32.2. The lowest BCUT2D eigenvalue weighted by molar-refractivity contribution is -0.0633. The van der Waals surface area contributed by atoms with Crippen LogP contribution in [-0.4, -0.2) is 32.9 Å². The molecule has 0 saturated carbocycles. The smallest absolute Gasteiger partial charge is 0.497 e. The van der Waals surface area contributed by atoms with Gasteiger partial charge < -0.3 is 4.74 Å². The molecule has 0 aliphatic heterocycles. The Hall–Kier alpha value is -1.98. The minimum atomic E-state index is -6.29. The average molecular weight is 351 g/mol. The van der Waals surface area contributed by atoms with Crippen molar-refractivity contribution in [3.63, 3.8) is 0 Å². The first kappa shape index (κ1) is 18.1. The van der Waals surface area contributed by atoms with Crippen molar-refractivity contribution >= 4 is 15.8 Å². The molecule has 12 heteroatoms. The zero-order valence-electron chi connectivity index (χ0n) is 10.6. The molecule has 1 aromatic carbocycles. The Morgan fingerprint density at radius 3 is 1.91 bits per heavy atom. The number of methoxy groups -OCH3 is 1. The zero-order valence-corrected chi connectivity index (χ0v) is 11.4. The number of rotatable bonds is 4. The van der Waals surface area contributed by atoms with Gasteiger partial charge in [0, 0.05) is 5.56 Å². The van der Waals surface area contributed by atoms with Crippen molar-refractivity contribution in [2.75, 3.05) is 7.11 Å². The monoisotopic (exact) mass is 351 g/mol. The number of ether oxygens (including phenoxy) is 1. The summed E-state index contributed by atoms with van der Waals surface area (Å²) < 4.78 is 103. The average Bonchev–Trinajstić information content (AvgIpc) is 2.36. The molecule has 22 heavy (non-hydrogen) atoms. The minimum absolute atomic E-state index is 0.175. The second kappa shape index (κ2) is 6.02. The Balaban J connectivity index is 3.22. The van der Waals surface area contributed by atoms with E-state index in [-0.39, 0.29) is 5.75 Å². The molecule has 0 atom stereocenters. The summed E-state index contributed by atoms with van der Waals surface area (Å²) in [5.74, 6) is 0.175. The molecule has 124 valence electrons. The molecule has 0 saturated heterocycles. The van der Waals surface area contributed by atoms with Crippen LogP contribution in [0, 0.1) is 0 Å². The predicted octanol–water partition coefficient (Wildman–Crippen LogP) is 2.83. The van der Waals surface area contributed by atoms with E-state index in [0.717, 1.165) is 24.3 Å². The quantitative estimate of drug-likeness (QED) is 0.362. The van der Waals surface area contributed by atoms with Crippen molar-refractivity contribution in [2.24, 2.45) is 5.16 Å². The number of nitrogens with zero attached hydrogens (tertiary/aromatic N) is 1. The van der Waals surface area contributed by atoms with E-state index in [2.05, 4.69) is 9.44 Å². The van der Waals surface area contributed by atoms with Crippen LogP contribution in [0.4, 0.5) is 26.3 Å². The van der Waals surface area contributed by atoms with Gasteiger partial charge in [-0.1, -0.05) is 5.16 Å². The fraction of sp³-hybridized carbons (Fsp3) is 0.300. The summed E-state index contributed by atoms with van der Waals surface area (Å²) in [6.45, 7) is 0. The van der Waals surface area contributed by atoms with Crippen molar-refractivity contribution < 1.29 is 43.8 Å². The van der Waals surface area contributed by atoms with Gasteiger partial charge in [-0.25, -0.2) is 0 Å². The molecule has 1 aromatic rings. The largest absolute Gasteiger partial charge is 0.536 e. The van der Waals surface area contributed by atoms with Crippen molar-refractivity contribution in [2.45, 2.75) is 11.7 Å².